The summed E-state index contributed by atoms with van der Waals surface area (Å²) >= 11 is 0. The second-order valence-electron chi connectivity index (χ2n) is 2.47. The van der Waals surface area contributed by atoms with Crippen molar-refractivity contribution in [1.29, 1.82) is 5.26 Å². The number of pyridine rings is 1. The fourth-order valence-corrected chi connectivity index (χ4v) is 0.878. The van der Waals surface area contributed by atoms with Crippen molar-refractivity contribution in [3.05, 3.63) is 23.5 Å². The molecule has 1 heterocycles. The minimum Gasteiger partial charge on any atom is -0.461 e. The first-order valence-electron chi connectivity index (χ1n) is 4.02. The van der Waals surface area contributed by atoms with E-state index in [9.17, 15) is 4.79 Å². The van der Waals surface area contributed by atoms with E-state index in [4.69, 9.17) is 15.7 Å². The second kappa shape index (κ2) is 4.23. The fourth-order valence-electron chi connectivity index (χ4n) is 0.878. The molecule has 0 radical (unpaired) electrons. The average molecular weight is 191 g/mol. The van der Waals surface area contributed by atoms with Crippen molar-refractivity contribution in [3.63, 3.8) is 0 Å². The van der Waals surface area contributed by atoms with Gasteiger partial charge in [0.2, 0.25) is 0 Å². The van der Waals surface area contributed by atoms with Crippen LogP contribution in [-0.2, 0) is 4.74 Å². The zero-order chi connectivity index (χ0) is 10.6. The Balaban J connectivity index is 3.02. The molecule has 0 spiro atoms. The molecule has 0 aliphatic heterocycles. The lowest BCUT2D eigenvalue weighted by Crippen LogP contribution is -2.08. The van der Waals surface area contributed by atoms with Gasteiger partial charge in [0.05, 0.1) is 12.3 Å². The molecule has 0 amide bonds. The van der Waals surface area contributed by atoms with E-state index in [2.05, 4.69) is 4.98 Å². The maximum absolute atomic E-state index is 11.2. The van der Waals surface area contributed by atoms with E-state index in [-0.39, 0.29) is 23.7 Å². The highest BCUT2D eigenvalue weighted by Gasteiger charge is 2.10. The summed E-state index contributed by atoms with van der Waals surface area (Å²) < 4.78 is 4.72. The molecule has 1 aromatic rings. The van der Waals surface area contributed by atoms with E-state index in [1.807, 2.05) is 0 Å². The van der Waals surface area contributed by atoms with Gasteiger partial charge in [-0.1, -0.05) is 0 Å². The molecule has 1 aromatic heterocycles. The lowest BCUT2D eigenvalue weighted by molar-refractivity contribution is 0.0519. The predicted molar refractivity (Wildman–Crippen MR) is 49.3 cm³/mol. The van der Waals surface area contributed by atoms with Gasteiger partial charge in [-0.25, -0.2) is 9.78 Å². The summed E-state index contributed by atoms with van der Waals surface area (Å²) in [6, 6.07) is 4.67. The molecule has 0 aromatic carbocycles. The van der Waals surface area contributed by atoms with Gasteiger partial charge in [0, 0.05) is 0 Å². The van der Waals surface area contributed by atoms with E-state index >= 15 is 0 Å². The highest BCUT2D eigenvalue weighted by molar-refractivity contribution is 5.87. The highest BCUT2D eigenvalue weighted by Crippen LogP contribution is 2.09. The van der Waals surface area contributed by atoms with Gasteiger partial charge in [-0.15, -0.1) is 0 Å². The van der Waals surface area contributed by atoms with Crippen LogP contribution in [0, 0.1) is 11.3 Å². The summed E-state index contributed by atoms with van der Waals surface area (Å²) in [5.41, 5.74) is 5.82. The summed E-state index contributed by atoms with van der Waals surface area (Å²) in [5, 5.41) is 8.61. The van der Waals surface area contributed by atoms with Crippen LogP contribution in [0.15, 0.2) is 12.1 Å². The second-order valence-corrected chi connectivity index (χ2v) is 2.47. The molecule has 0 atom stereocenters. The number of nitrogens with zero attached hydrogens (tertiary/aromatic N) is 2. The maximum atomic E-state index is 11.2. The molecule has 0 fully saturated rings. The number of aromatic nitrogens is 1. The van der Waals surface area contributed by atoms with Crippen LogP contribution in [0.5, 0.6) is 0 Å². The predicted octanol–water partition coefficient (Wildman–Crippen LogP) is 0.712. The molecule has 1 rings (SSSR count). The molecule has 14 heavy (non-hydrogen) atoms. The molecule has 5 nitrogen and oxygen atoms in total. The summed E-state index contributed by atoms with van der Waals surface area (Å²) in [4.78, 5) is 14.9. The minimum atomic E-state index is -0.552. The monoisotopic (exact) mass is 191 g/mol. The molecule has 72 valence electrons. The third kappa shape index (κ3) is 1.98. The first-order valence-corrected chi connectivity index (χ1v) is 4.02. The molecule has 5 heteroatoms. The Morgan fingerprint density at radius 3 is 3.00 bits per heavy atom. The fraction of sp³-hybridized carbons (Fsp3) is 0.222. The molecule has 0 aliphatic rings. The molecular formula is C9H9N3O2. The topological polar surface area (TPSA) is 89.0 Å². The quantitative estimate of drug-likeness (QED) is 0.695. The van der Waals surface area contributed by atoms with Gasteiger partial charge in [-0.3, -0.25) is 0 Å². The van der Waals surface area contributed by atoms with Crippen LogP contribution in [0.2, 0.25) is 0 Å². The Kier molecular flexibility index (Phi) is 3.02. The lowest BCUT2D eigenvalue weighted by Gasteiger charge is -2.01. The van der Waals surface area contributed by atoms with E-state index < -0.39 is 5.97 Å². The van der Waals surface area contributed by atoms with E-state index in [0.29, 0.717) is 0 Å². The number of ether oxygens (including phenoxy) is 1. The van der Waals surface area contributed by atoms with Gasteiger partial charge < -0.3 is 10.5 Å². The smallest absolute Gasteiger partial charge is 0.356 e. The molecule has 0 saturated carbocycles. The van der Waals surface area contributed by atoms with Crippen molar-refractivity contribution in [1.82, 2.24) is 4.98 Å². The van der Waals surface area contributed by atoms with Crippen LogP contribution < -0.4 is 5.73 Å². The molecule has 0 saturated heterocycles. The Bertz CT molecular complexity index is 396. The first kappa shape index (κ1) is 9.99. The number of hydrogen-bond donors (Lipinski definition) is 1. The first-order chi connectivity index (χ1) is 6.69. The Hall–Kier alpha value is -2.09. The lowest BCUT2D eigenvalue weighted by atomic mass is 10.2. The summed E-state index contributed by atoms with van der Waals surface area (Å²) in [5.74, 6) is -0.552. The number of carbonyl (C=O) groups excluding carboxylic acids is 1. The Morgan fingerprint density at radius 1 is 1.71 bits per heavy atom. The molecular weight excluding hydrogens is 182 g/mol. The van der Waals surface area contributed by atoms with E-state index in [0.717, 1.165) is 0 Å². The van der Waals surface area contributed by atoms with Gasteiger partial charge in [0.25, 0.3) is 0 Å². The largest absolute Gasteiger partial charge is 0.461 e. The van der Waals surface area contributed by atoms with Gasteiger partial charge in [-0.2, -0.15) is 5.26 Å². The number of carbonyl (C=O) groups is 1. The van der Waals surface area contributed by atoms with Crippen molar-refractivity contribution in [3.8, 4) is 6.07 Å². The van der Waals surface area contributed by atoms with Crippen molar-refractivity contribution in [2.45, 2.75) is 6.92 Å². The van der Waals surface area contributed by atoms with Crippen LogP contribution >= 0.6 is 0 Å². The number of hydrogen-bond acceptors (Lipinski definition) is 5. The summed E-state index contributed by atoms with van der Waals surface area (Å²) in [7, 11) is 0. The number of nitriles is 1. The van der Waals surface area contributed by atoms with Gasteiger partial charge in [0.1, 0.15) is 11.8 Å². The van der Waals surface area contributed by atoms with Crippen LogP contribution in [0.1, 0.15) is 23.1 Å². The number of esters is 1. The number of nitrogen functional groups attached to an aromatic ring is 1. The van der Waals surface area contributed by atoms with Crippen molar-refractivity contribution in [2.75, 3.05) is 12.3 Å². The van der Waals surface area contributed by atoms with Crippen LogP contribution in [0.25, 0.3) is 0 Å². The van der Waals surface area contributed by atoms with Crippen LogP contribution in [0.3, 0.4) is 0 Å². The van der Waals surface area contributed by atoms with Crippen LogP contribution in [-0.4, -0.2) is 17.6 Å². The van der Waals surface area contributed by atoms with Crippen molar-refractivity contribution < 1.29 is 9.53 Å². The van der Waals surface area contributed by atoms with Crippen LogP contribution in [0.4, 0.5) is 5.69 Å². The SMILES string of the molecule is CCOC(=O)c1ccc(N)c(C#N)n1. The highest BCUT2D eigenvalue weighted by atomic mass is 16.5. The molecule has 2 N–H and O–H groups in total. The third-order valence-corrected chi connectivity index (χ3v) is 1.52. The summed E-state index contributed by atoms with van der Waals surface area (Å²) in [6.07, 6.45) is 0. The Morgan fingerprint density at radius 2 is 2.43 bits per heavy atom. The van der Waals surface area contributed by atoms with Gasteiger partial charge >= 0.3 is 5.97 Å². The zero-order valence-electron chi connectivity index (χ0n) is 7.65. The number of rotatable bonds is 2. The minimum absolute atomic E-state index is 0.0375. The molecule has 0 unspecified atom stereocenters. The summed E-state index contributed by atoms with van der Waals surface area (Å²) in [6.45, 7) is 1.97. The van der Waals surface area contributed by atoms with Gasteiger partial charge in [-0.05, 0) is 19.1 Å². The van der Waals surface area contributed by atoms with Crippen molar-refractivity contribution in [2.24, 2.45) is 0 Å². The number of nitrogens with two attached hydrogens (primary N) is 1. The number of anilines is 1. The standard InChI is InChI=1S/C9H9N3O2/c1-2-14-9(13)7-4-3-6(11)8(5-10)12-7/h3-4H,2,11H2,1H3. The molecule has 0 bridgehead atoms. The van der Waals surface area contributed by atoms with E-state index in [1.54, 1.807) is 13.0 Å². The zero-order valence-corrected chi connectivity index (χ0v) is 7.65. The maximum Gasteiger partial charge on any atom is 0.356 e. The van der Waals surface area contributed by atoms with Gasteiger partial charge in [0.15, 0.2) is 5.69 Å². The normalized spacial score (nSPS) is 9.14. The Labute approximate surface area is 81.1 Å². The third-order valence-electron chi connectivity index (χ3n) is 1.52. The van der Waals surface area contributed by atoms with E-state index in [1.165, 1.54) is 12.1 Å². The average Bonchev–Trinajstić information content (AvgIpc) is 2.19. The molecule has 0 aliphatic carbocycles. The van der Waals surface area contributed by atoms with Crippen molar-refractivity contribution >= 4 is 11.7 Å².